The molecule has 234 valence electrons. The number of hydrogen-bond acceptors (Lipinski definition) is 9. The van der Waals surface area contributed by atoms with Crippen molar-refractivity contribution in [3.63, 3.8) is 0 Å². The van der Waals surface area contributed by atoms with Crippen LogP contribution in [-0.2, 0) is 11.2 Å². The molecule has 2 N–H and O–H groups in total. The summed E-state index contributed by atoms with van der Waals surface area (Å²) in [6, 6.07) is 11.7. The second kappa shape index (κ2) is 10.5. The minimum absolute atomic E-state index is 0.0649. The average Bonchev–Trinajstić information content (AvgIpc) is 3.71. The van der Waals surface area contributed by atoms with E-state index in [1.807, 2.05) is 47.3 Å². The van der Waals surface area contributed by atoms with Crippen LogP contribution in [-0.4, -0.2) is 60.3 Å². The van der Waals surface area contributed by atoms with E-state index in [-0.39, 0.29) is 34.7 Å². The van der Waals surface area contributed by atoms with Crippen molar-refractivity contribution in [2.75, 3.05) is 12.9 Å². The van der Waals surface area contributed by atoms with Gasteiger partial charge >= 0.3 is 0 Å². The Kier molecular flexibility index (Phi) is 6.84. The first-order valence-electron chi connectivity index (χ1n) is 15.8. The van der Waals surface area contributed by atoms with Crippen LogP contribution in [0, 0.1) is 28.6 Å². The number of aliphatic hydroxyl groups excluding tert-OH is 1. The topological polar surface area (TPSA) is 110 Å². The van der Waals surface area contributed by atoms with E-state index in [1.54, 1.807) is 13.3 Å². The van der Waals surface area contributed by atoms with Crippen molar-refractivity contribution < 1.29 is 19.7 Å². The Hall–Kier alpha value is -3.05. The van der Waals surface area contributed by atoms with Crippen LogP contribution in [0.25, 0.3) is 22.1 Å². The van der Waals surface area contributed by atoms with E-state index in [9.17, 15) is 15.0 Å². The number of fused-ring (bicyclic) bond motifs is 7. The number of thiazole rings is 1. The number of nitrogens with zero attached hydrogens (tertiary/aromatic N) is 4. The van der Waals surface area contributed by atoms with Crippen molar-refractivity contribution in [3.05, 3.63) is 65.6 Å². The molecule has 1 aromatic carbocycles. The molecule has 3 aromatic heterocycles. The number of aliphatic hydroxyl groups is 2. The monoisotopic (exact) mass is 642 g/mol. The summed E-state index contributed by atoms with van der Waals surface area (Å²) in [7, 11) is 1.67. The molecule has 0 spiro atoms. The molecule has 0 radical (unpaired) electrons. The van der Waals surface area contributed by atoms with Crippen molar-refractivity contribution in [2.45, 2.75) is 68.4 Å². The number of benzene rings is 1. The van der Waals surface area contributed by atoms with Crippen LogP contribution in [0.15, 0.2) is 58.7 Å². The maximum atomic E-state index is 13.8. The van der Waals surface area contributed by atoms with Gasteiger partial charge in [0.15, 0.2) is 10.1 Å². The molecule has 7 atom stereocenters. The van der Waals surface area contributed by atoms with Crippen LogP contribution in [0.3, 0.4) is 0 Å². The van der Waals surface area contributed by atoms with Crippen LogP contribution in [0.1, 0.15) is 57.2 Å². The molecular weight excluding hydrogens is 605 g/mol. The number of carbonyl (C=O) groups excluding carboxylic acids is 1. The van der Waals surface area contributed by atoms with E-state index in [2.05, 4.69) is 29.9 Å². The Morgan fingerprint density at radius 3 is 2.80 bits per heavy atom. The molecular formula is C35H38N4O4S2. The lowest BCUT2D eigenvalue weighted by atomic mass is 9.45. The number of Topliss-reactive ketones (excluding diaryl/α,β-unsaturated/α-hetero) is 1. The second-order valence-corrected chi connectivity index (χ2v) is 16.1. The van der Waals surface area contributed by atoms with Gasteiger partial charge in [-0.25, -0.2) is 14.6 Å². The third-order valence-electron chi connectivity index (χ3n) is 11.8. The van der Waals surface area contributed by atoms with Gasteiger partial charge in [-0.15, -0.1) is 0 Å². The first kappa shape index (κ1) is 29.4. The molecule has 4 aliphatic carbocycles. The third-order valence-corrected chi connectivity index (χ3v) is 14.0. The van der Waals surface area contributed by atoms with Gasteiger partial charge in [0.1, 0.15) is 21.7 Å². The van der Waals surface area contributed by atoms with Crippen LogP contribution in [0.2, 0.25) is 0 Å². The maximum absolute atomic E-state index is 13.8. The van der Waals surface area contributed by atoms with E-state index in [0.29, 0.717) is 12.8 Å². The van der Waals surface area contributed by atoms with Crippen molar-refractivity contribution in [3.8, 4) is 11.4 Å². The molecule has 8 rings (SSSR count). The Morgan fingerprint density at radius 1 is 1.20 bits per heavy atom. The van der Waals surface area contributed by atoms with Crippen LogP contribution in [0.5, 0.6) is 5.75 Å². The highest BCUT2D eigenvalue weighted by Crippen LogP contribution is 2.67. The first-order chi connectivity index (χ1) is 21.6. The minimum Gasteiger partial charge on any atom is -0.497 e. The molecule has 0 aliphatic heterocycles. The third kappa shape index (κ3) is 4.32. The van der Waals surface area contributed by atoms with Crippen molar-refractivity contribution in [1.82, 2.24) is 19.7 Å². The molecule has 45 heavy (non-hydrogen) atoms. The number of allylic oxidation sites excluding steroid dienone is 1. The van der Waals surface area contributed by atoms with Gasteiger partial charge in [-0.2, -0.15) is 5.10 Å². The predicted octanol–water partition coefficient (Wildman–Crippen LogP) is 6.13. The summed E-state index contributed by atoms with van der Waals surface area (Å²) in [5, 5.41) is 29.0. The molecule has 8 nitrogen and oxygen atoms in total. The van der Waals surface area contributed by atoms with Gasteiger partial charge in [0.05, 0.1) is 36.5 Å². The lowest BCUT2D eigenvalue weighted by molar-refractivity contribution is -0.177. The van der Waals surface area contributed by atoms with E-state index >= 15 is 0 Å². The number of aromatic nitrogens is 4. The molecule has 10 heteroatoms. The Bertz CT molecular complexity index is 1800. The summed E-state index contributed by atoms with van der Waals surface area (Å²) in [6.45, 7) is 4.39. The Balaban J connectivity index is 1.04. The van der Waals surface area contributed by atoms with Gasteiger partial charge in [0.2, 0.25) is 0 Å². The van der Waals surface area contributed by atoms with E-state index in [0.717, 1.165) is 57.5 Å². The molecule has 4 aromatic rings. The number of ketones is 1. The zero-order valence-electron chi connectivity index (χ0n) is 25.8. The highest BCUT2D eigenvalue weighted by atomic mass is 32.2. The summed E-state index contributed by atoms with van der Waals surface area (Å²) in [4.78, 5) is 23.7. The smallest absolute Gasteiger partial charge is 0.175 e. The zero-order chi connectivity index (χ0) is 31.1. The summed E-state index contributed by atoms with van der Waals surface area (Å²) in [5.74, 6) is 1.31. The van der Waals surface area contributed by atoms with Crippen LogP contribution in [0.4, 0.5) is 0 Å². The molecule has 0 saturated heterocycles. The number of rotatable bonds is 6. The van der Waals surface area contributed by atoms with E-state index in [4.69, 9.17) is 9.84 Å². The van der Waals surface area contributed by atoms with E-state index < -0.39 is 17.1 Å². The number of ether oxygens (including phenoxy) is 1. The normalized spacial score (nSPS) is 33.6. The first-order valence-corrected chi connectivity index (χ1v) is 17.7. The van der Waals surface area contributed by atoms with Gasteiger partial charge in [0.25, 0.3) is 0 Å². The number of pyridine rings is 1. The molecule has 0 amide bonds. The predicted molar refractivity (Wildman–Crippen MR) is 176 cm³/mol. The summed E-state index contributed by atoms with van der Waals surface area (Å²) in [6.07, 6.45) is 9.83. The number of methoxy groups -OCH3 is 1. The van der Waals surface area contributed by atoms with Crippen LogP contribution >= 0.6 is 23.1 Å². The Labute approximate surface area is 270 Å². The van der Waals surface area contributed by atoms with Crippen molar-refractivity contribution >= 4 is 45.3 Å². The van der Waals surface area contributed by atoms with Crippen molar-refractivity contribution in [2.24, 2.45) is 28.6 Å². The molecule has 0 bridgehead atoms. The van der Waals surface area contributed by atoms with Crippen LogP contribution < -0.4 is 4.74 Å². The fourth-order valence-corrected chi connectivity index (χ4v) is 11.6. The fraction of sp³-hybridized carbons (Fsp3) is 0.486. The Morgan fingerprint density at radius 2 is 2.02 bits per heavy atom. The summed E-state index contributed by atoms with van der Waals surface area (Å²) >= 11 is 2.86. The second-order valence-electron chi connectivity index (χ2n) is 13.9. The zero-order valence-corrected chi connectivity index (χ0v) is 27.4. The number of hydrogen-bond donors (Lipinski definition) is 2. The van der Waals surface area contributed by atoms with E-state index in [1.165, 1.54) is 34.2 Å². The number of thioether (sulfide) groups is 1. The lowest BCUT2D eigenvalue weighted by Gasteiger charge is -2.60. The lowest BCUT2D eigenvalue weighted by Crippen LogP contribution is -2.62. The van der Waals surface area contributed by atoms with Gasteiger partial charge < -0.3 is 14.9 Å². The van der Waals surface area contributed by atoms with Gasteiger partial charge in [-0.1, -0.05) is 42.5 Å². The SMILES string of the molecule is COc1ccc(-n2ncc3c2C=C2CCC4C([C@@H](O)CC5(C)C4CCC5(O)C(=O)CSc4nc5cccnc5s4)C2(C)C3)cc1. The highest BCUT2D eigenvalue weighted by molar-refractivity contribution is 8.01. The van der Waals surface area contributed by atoms with Crippen molar-refractivity contribution in [1.29, 1.82) is 0 Å². The minimum atomic E-state index is -1.46. The highest BCUT2D eigenvalue weighted by Gasteiger charge is 2.68. The quantitative estimate of drug-likeness (QED) is 0.242. The largest absolute Gasteiger partial charge is 0.497 e. The summed E-state index contributed by atoms with van der Waals surface area (Å²) in [5.41, 5.74) is 3.17. The molecule has 3 heterocycles. The maximum Gasteiger partial charge on any atom is 0.175 e. The molecule has 4 aliphatic rings. The van der Waals surface area contributed by atoms with Gasteiger partial charge in [-0.3, -0.25) is 4.79 Å². The molecule has 3 saturated carbocycles. The van der Waals surface area contributed by atoms with Gasteiger partial charge in [-0.05, 0) is 110 Å². The van der Waals surface area contributed by atoms with Gasteiger partial charge in [0, 0.05) is 11.6 Å². The summed E-state index contributed by atoms with van der Waals surface area (Å²) < 4.78 is 8.14. The molecule has 6 unspecified atom stereocenters. The number of carbonyl (C=O) groups is 1. The standard InChI is InChI=1S/C35H38N4O4S2/c1-33-16-20-18-37-39(22-7-9-23(43-3)10-8-22)27(20)15-21(33)6-11-24-25-12-13-35(42,34(25,2)17-28(40)30(24)33)29(41)19-44-32-38-26-5-4-14-36-31(26)45-32/h4-5,7-10,14-15,18,24-25,28,30,40,42H,6,11-13,16-17,19H2,1-3H3/t24?,25?,28-,30?,33?,34?,35?/m0/s1. The average molecular weight is 643 g/mol. The molecule has 3 fully saturated rings. The fourth-order valence-electron chi connectivity index (χ4n) is 9.64.